The maximum Gasteiger partial charge on any atom is 0.139 e. The minimum atomic E-state index is 0.0226. The number of aromatic nitrogens is 2. The summed E-state index contributed by atoms with van der Waals surface area (Å²) in [5.74, 6) is 0.906. The first-order valence-electron chi connectivity index (χ1n) is 9.36. The molecule has 1 atom stereocenters. The van der Waals surface area contributed by atoms with Gasteiger partial charge in [-0.05, 0) is 41.8 Å². The highest BCUT2D eigenvalue weighted by Gasteiger charge is 2.18. The van der Waals surface area contributed by atoms with Gasteiger partial charge in [-0.2, -0.15) is 0 Å². The van der Waals surface area contributed by atoms with Crippen molar-refractivity contribution >= 4 is 21.8 Å². The zero-order valence-electron chi connectivity index (χ0n) is 15.3. The van der Waals surface area contributed by atoms with Crippen LogP contribution in [-0.4, -0.2) is 16.6 Å². The smallest absolute Gasteiger partial charge is 0.139 e. The van der Waals surface area contributed by atoms with Crippen LogP contribution in [-0.2, 0) is 4.74 Å². The van der Waals surface area contributed by atoms with Gasteiger partial charge in [0, 0.05) is 12.2 Å². The molecule has 4 rings (SSSR count). The number of para-hydroxylation sites is 2. The van der Waals surface area contributed by atoms with Crippen LogP contribution < -0.4 is 0 Å². The fourth-order valence-corrected chi connectivity index (χ4v) is 3.46. The van der Waals surface area contributed by atoms with Crippen molar-refractivity contribution in [2.24, 2.45) is 0 Å². The summed E-state index contributed by atoms with van der Waals surface area (Å²) in [7, 11) is 0. The van der Waals surface area contributed by atoms with Crippen LogP contribution in [0.4, 0.5) is 0 Å². The van der Waals surface area contributed by atoms with E-state index in [4.69, 9.17) is 9.72 Å². The topological polar surface area (TPSA) is 37.9 Å². The molecule has 0 radical (unpaired) electrons. The van der Waals surface area contributed by atoms with E-state index in [-0.39, 0.29) is 6.10 Å². The molecule has 0 aliphatic carbocycles. The Hall–Kier alpha value is -2.65. The second-order valence-corrected chi connectivity index (χ2v) is 6.72. The molecule has 3 aromatic carbocycles. The first-order chi connectivity index (χ1) is 12.8. The Bertz CT molecular complexity index is 1000. The van der Waals surface area contributed by atoms with Crippen molar-refractivity contribution < 1.29 is 4.74 Å². The number of rotatable bonds is 6. The molecule has 0 spiro atoms. The number of unbranched alkanes of at least 4 members (excludes halogenated alkanes) is 1. The number of ether oxygens (including phenoxy) is 1. The van der Waals surface area contributed by atoms with Crippen LogP contribution in [0.2, 0.25) is 0 Å². The predicted molar refractivity (Wildman–Crippen MR) is 108 cm³/mol. The molecule has 3 nitrogen and oxygen atoms in total. The first kappa shape index (κ1) is 16.8. The fourth-order valence-electron chi connectivity index (χ4n) is 3.46. The Balaban J connectivity index is 1.88. The van der Waals surface area contributed by atoms with Crippen molar-refractivity contribution in [2.75, 3.05) is 6.61 Å². The van der Waals surface area contributed by atoms with Crippen molar-refractivity contribution in [3.63, 3.8) is 0 Å². The number of nitrogens with zero attached hydrogens (tertiary/aromatic N) is 1. The van der Waals surface area contributed by atoms with Gasteiger partial charge in [-0.3, -0.25) is 0 Å². The Morgan fingerprint density at radius 3 is 2.65 bits per heavy atom. The van der Waals surface area contributed by atoms with Gasteiger partial charge in [-0.1, -0.05) is 61.9 Å². The highest BCUT2D eigenvalue weighted by molar-refractivity contribution is 5.98. The zero-order valence-corrected chi connectivity index (χ0v) is 15.3. The van der Waals surface area contributed by atoms with Crippen LogP contribution in [0.5, 0.6) is 0 Å². The van der Waals surface area contributed by atoms with Gasteiger partial charge in [0.25, 0.3) is 0 Å². The minimum Gasteiger partial charge on any atom is -0.374 e. The number of H-pyrrole nitrogens is 1. The molecule has 0 fully saturated rings. The van der Waals surface area contributed by atoms with E-state index >= 15 is 0 Å². The molecule has 1 N–H and O–H groups in total. The van der Waals surface area contributed by atoms with Crippen molar-refractivity contribution in [2.45, 2.75) is 32.8 Å². The van der Waals surface area contributed by atoms with Crippen molar-refractivity contribution in [3.8, 4) is 11.4 Å². The van der Waals surface area contributed by atoms with Crippen molar-refractivity contribution in [1.29, 1.82) is 0 Å². The molecule has 0 bridgehead atoms. The van der Waals surface area contributed by atoms with Crippen LogP contribution in [0.3, 0.4) is 0 Å². The fraction of sp³-hybridized carbons (Fsp3) is 0.261. The largest absolute Gasteiger partial charge is 0.374 e. The average molecular weight is 344 g/mol. The molecule has 0 aliphatic rings. The quantitative estimate of drug-likeness (QED) is 0.419. The third-order valence-electron chi connectivity index (χ3n) is 4.89. The number of nitrogens with one attached hydrogen (secondary N) is 1. The van der Waals surface area contributed by atoms with Gasteiger partial charge in [0.1, 0.15) is 5.82 Å². The summed E-state index contributed by atoms with van der Waals surface area (Å²) < 4.78 is 6.11. The van der Waals surface area contributed by atoms with Crippen molar-refractivity contribution in [1.82, 2.24) is 9.97 Å². The lowest BCUT2D eigenvalue weighted by molar-refractivity contribution is 0.0641. The highest BCUT2D eigenvalue weighted by atomic mass is 16.5. The van der Waals surface area contributed by atoms with Crippen LogP contribution in [0.15, 0.2) is 60.7 Å². The van der Waals surface area contributed by atoms with Gasteiger partial charge in [0.2, 0.25) is 0 Å². The normalized spacial score (nSPS) is 12.7. The SMILES string of the molecule is CCCCO[C@@H](C)c1ccc2ccccc2c1-c1nc2ccccc2[nH]1. The number of fused-ring (bicyclic) bond motifs is 2. The summed E-state index contributed by atoms with van der Waals surface area (Å²) in [6, 6.07) is 21.0. The van der Waals surface area contributed by atoms with E-state index in [1.54, 1.807) is 0 Å². The second-order valence-electron chi connectivity index (χ2n) is 6.72. The number of aromatic amines is 1. The summed E-state index contributed by atoms with van der Waals surface area (Å²) in [5, 5.41) is 2.42. The molecule has 132 valence electrons. The van der Waals surface area contributed by atoms with E-state index < -0.39 is 0 Å². The summed E-state index contributed by atoms with van der Waals surface area (Å²) in [6.07, 6.45) is 2.24. The molecule has 0 aliphatic heterocycles. The lowest BCUT2D eigenvalue weighted by atomic mass is 9.95. The van der Waals surface area contributed by atoms with Gasteiger partial charge in [0.05, 0.1) is 17.1 Å². The average Bonchev–Trinajstić information content (AvgIpc) is 3.11. The Morgan fingerprint density at radius 2 is 1.81 bits per heavy atom. The maximum atomic E-state index is 6.11. The summed E-state index contributed by atoms with van der Waals surface area (Å²) in [6.45, 7) is 5.10. The standard InChI is InChI=1S/C23H24N2O/c1-3-4-15-26-16(2)18-14-13-17-9-5-6-10-19(17)22(18)23-24-20-11-7-8-12-21(20)25-23/h5-14,16H,3-4,15H2,1-2H3,(H,24,25)/t16-/m0/s1. The van der Waals surface area contributed by atoms with Crippen molar-refractivity contribution in [3.05, 3.63) is 66.2 Å². The Morgan fingerprint density at radius 1 is 1.00 bits per heavy atom. The van der Waals surface area contributed by atoms with Gasteiger partial charge < -0.3 is 9.72 Å². The van der Waals surface area contributed by atoms with E-state index in [0.29, 0.717) is 0 Å². The maximum absolute atomic E-state index is 6.11. The molecular weight excluding hydrogens is 320 g/mol. The number of hydrogen-bond acceptors (Lipinski definition) is 2. The Labute approximate surface area is 154 Å². The number of benzene rings is 3. The monoisotopic (exact) mass is 344 g/mol. The highest BCUT2D eigenvalue weighted by Crippen LogP contribution is 2.36. The summed E-state index contributed by atoms with van der Waals surface area (Å²) >= 11 is 0. The number of imidazole rings is 1. The van der Waals surface area contributed by atoms with E-state index in [2.05, 4.69) is 61.3 Å². The molecule has 0 saturated heterocycles. The predicted octanol–water partition coefficient (Wildman–Crippen LogP) is 6.26. The molecule has 1 aromatic heterocycles. The van der Waals surface area contributed by atoms with Crippen LogP contribution in [0, 0.1) is 0 Å². The first-order valence-corrected chi connectivity index (χ1v) is 9.36. The lowest BCUT2D eigenvalue weighted by Crippen LogP contribution is -2.04. The Kier molecular flexibility index (Phi) is 4.72. The summed E-state index contributed by atoms with van der Waals surface area (Å²) in [4.78, 5) is 8.36. The zero-order chi connectivity index (χ0) is 17.9. The molecule has 1 heterocycles. The third-order valence-corrected chi connectivity index (χ3v) is 4.89. The second kappa shape index (κ2) is 7.30. The number of hydrogen-bond donors (Lipinski definition) is 1. The van der Waals surface area contributed by atoms with Crippen LogP contribution >= 0.6 is 0 Å². The summed E-state index contributed by atoms with van der Waals surface area (Å²) in [5.41, 5.74) is 4.36. The molecular formula is C23H24N2O. The minimum absolute atomic E-state index is 0.0226. The molecule has 3 heteroatoms. The van der Waals surface area contributed by atoms with Gasteiger partial charge >= 0.3 is 0 Å². The molecule has 0 saturated carbocycles. The van der Waals surface area contributed by atoms with Crippen LogP contribution in [0.25, 0.3) is 33.2 Å². The molecule has 26 heavy (non-hydrogen) atoms. The van der Waals surface area contributed by atoms with E-state index in [9.17, 15) is 0 Å². The molecule has 0 unspecified atom stereocenters. The van der Waals surface area contributed by atoms with Gasteiger partial charge in [0.15, 0.2) is 0 Å². The van der Waals surface area contributed by atoms with Crippen LogP contribution in [0.1, 0.15) is 38.4 Å². The van der Waals surface area contributed by atoms with Gasteiger partial charge in [-0.25, -0.2) is 4.98 Å². The lowest BCUT2D eigenvalue weighted by Gasteiger charge is -2.18. The van der Waals surface area contributed by atoms with E-state index in [1.807, 2.05) is 18.2 Å². The van der Waals surface area contributed by atoms with E-state index in [1.165, 1.54) is 16.3 Å². The third kappa shape index (κ3) is 3.11. The molecule has 4 aromatic rings. The molecule has 0 amide bonds. The van der Waals surface area contributed by atoms with Gasteiger partial charge in [-0.15, -0.1) is 0 Å². The van der Waals surface area contributed by atoms with E-state index in [0.717, 1.165) is 41.9 Å².